The summed E-state index contributed by atoms with van der Waals surface area (Å²) >= 11 is 0. The molecule has 0 saturated heterocycles. The first-order chi connectivity index (χ1) is 5.43. The minimum atomic E-state index is 0.112. The van der Waals surface area contributed by atoms with Crippen LogP contribution in [0.4, 0.5) is 0 Å². The quantitative estimate of drug-likeness (QED) is 0.506. The highest BCUT2D eigenvalue weighted by Crippen LogP contribution is 2.36. The highest BCUT2D eigenvalue weighted by molar-refractivity contribution is 5.97. The second kappa shape index (κ2) is 3.04. The Bertz CT molecular complexity index is 208. The van der Waals surface area contributed by atoms with E-state index in [4.69, 9.17) is 0 Å². The van der Waals surface area contributed by atoms with Crippen molar-refractivity contribution in [2.75, 3.05) is 0 Å². The summed E-state index contributed by atoms with van der Waals surface area (Å²) in [5, 5.41) is 0. The van der Waals surface area contributed by atoms with E-state index in [9.17, 15) is 4.79 Å². The summed E-state index contributed by atoms with van der Waals surface area (Å²) in [6, 6.07) is 0. The zero-order valence-electron chi connectivity index (χ0n) is 8.31. The van der Waals surface area contributed by atoms with Crippen molar-refractivity contribution in [3.63, 3.8) is 0 Å². The fourth-order valence-corrected chi connectivity index (χ4v) is 1.85. The van der Waals surface area contributed by atoms with Crippen LogP contribution in [0.15, 0.2) is 12.2 Å². The number of Topliss-reactive ketones (excluding diaryl/α,β-unsaturated/α-hetero) is 1. The summed E-state index contributed by atoms with van der Waals surface area (Å²) in [7, 11) is 0. The Morgan fingerprint density at radius 2 is 2.00 bits per heavy atom. The molecule has 1 nitrogen and oxygen atoms in total. The molecule has 1 aliphatic carbocycles. The Kier molecular flexibility index (Phi) is 2.41. The van der Waals surface area contributed by atoms with Gasteiger partial charge in [-0.25, -0.2) is 0 Å². The summed E-state index contributed by atoms with van der Waals surface area (Å²) in [6.07, 6.45) is 3.08. The van der Waals surface area contributed by atoms with Gasteiger partial charge in [0.15, 0.2) is 5.78 Å². The third-order valence-electron chi connectivity index (χ3n) is 2.68. The molecule has 0 bridgehead atoms. The maximum absolute atomic E-state index is 11.7. The lowest BCUT2D eigenvalue weighted by atomic mass is 9.70. The molecule has 12 heavy (non-hydrogen) atoms. The van der Waals surface area contributed by atoms with Crippen LogP contribution in [0.1, 0.15) is 40.0 Å². The Labute approximate surface area is 74.9 Å². The van der Waals surface area contributed by atoms with Gasteiger partial charge in [-0.1, -0.05) is 27.4 Å². The first-order valence-electron chi connectivity index (χ1n) is 4.65. The molecule has 1 rings (SSSR count). The predicted octanol–water partition coefficient (Wildman–Crippen LogP) is 2.96. The number of carbonyl (C=O) groups is 1. The number of ketones is 1. The molecule has 0 aromatic carbocycles. The van der Waals surface area contributed by atoms with Crippen molar-refractivity contribution >= 4 is 5.78 Å². The zero-order chi connectivity index (χ0) is 9.35. The second-order valence-corrected chi connectivity index (χ2v) is 4.78. The standard InChI is InChI=1S/C11H18O/c1-8-6-5-7-9(10(8)12)11(2,3)4/h9H,1,5-7H2,2-4H3. The highest BCUT2D eigenvalue weighted by Gasteiger charge is 2.34. The summed E-state index contributed by atoms with van der Waals surface area (Å²) in [6.45, 7) is 10.2. The average Bonchev–Trinajstić information content (AvgIpc) is 1.92. The van der Waals surface area contributed by atoms with Crippen molar-refractivity contribution in [1.82, 2.24) is 0 Å². The fourth-order valence-electron chi connectivity index (χ4n) is 1.85. The molecule has 68 valence electrons. The van der Waals surface area contributed by atoms with Gasteiger partial charge < -0.3 is 0 Å². The van der Waals surface area contributed by atoms with Crippen LogP contribution in [0.2, 0.25) is 0 Å². The van der Waals surface area contributed by atoms with Crippen LogP contribution in [0.5, 0.6) is 0 Å². The van der Waals surface area contributed by atoms with E-state index in [-0.39, 0.29) is 11.3 Å². The molecule has 0 heterocycles. The number of allylic oxidation sites excluding steroid dienone is 1. The summed E-state index contributed by atoms with van der Waals surface area (Å²) in [4.78, 5) is 11.7. The fraction of sp³-hybridized carbons (Fsp3) is 0.727. The molecule has 1 atom stereocenters. The van der Waals surface area contributed by atoms with Crippen LogP contribution in [0.25, 0.3) is 0 Å². The number of carbonyl (C=O) groups excluding carboxylic acids is 1. The first-order valence-corrected chi connectivity index (χ1v) is 4.65. The zero-order valence-corrected chi connectivity index (χ0v) is 8.31. The van der Waals surface area contributed by atoms with Gasteiger partial charge in [0.25, 0.3) is 0 Å². The maximum Gasteiger partial charge on any atom is 0.161 e. The topological polar surface area (TPSA) is 17.1 Å². The molecule has 0 amide bonds. The van der Waals surface area contributed by atoms with E-state index in [0.717, 1.165) is 24.8 Å². The molecule has 1 saturated carbocycles. The molecule has 1 heteroatoms. The normalized spacial score (nSPS) is 26.1. The Morgan fingerprint density at radius 1 is 1.42 bits per heavy atom. The van der Waals surface area contributed by atoms with Crippen LogP contribution in [0, 0.1) is 11.3 Å². The van der Waals surface area contributed by atoms with Crippen LogP contribution >= 0.6 is 0 Å². The average molecular weight is 166 g/mol. The van der Waals surface area contributed by atoms with E-state index in [0.29, 0.717) is 5.78 Å². The first kappa shape index (κ1) is 9.50. The third kappa shape index (κ3) is 1.77. The summed E-state index contributed by atoms with van der Waals surface area (Å²) in [5.41, 5.74) is 0.946. The van der Waals surface area contributed by atoms with Crippen molar-refractivity contribution in [2.45, 2.75) is 40.0 Å². The van der Waals surface area contributed by atoms with E-state index in [1.807, 2.05) is 0 Å². The lowest BCUT2D eigenvalue weighted by Crippen LogP contribution is -2.32. The molecule has 0 N–H and O–H groups in total. The van der Waals surface area contributed by atoms with Gasteiger partial charge in [-0.05, 0) is 30.3 Å². The Hall–Kier alpha value is -0.590. The molecule has 0 aliphatic heterocycles. The molecular weight excluding hydrogens is 148 g/mol. The highest BCUT2D eigenvalue weighted by atomic mass is 16.1. The summed E-state index contributed by atoms with van der Waals surface area (Å²) in [5.74, 6) is 0.507. The molecule has 1 fully saturated rings. The lowest BCUT2D eigenvalue weighted by Gasteiger charge is -2.33. The van der Waals surface area contributed by atoms with E-state index < -0.39 is 0 Å². The van der Waals surface area contributed by atoms with Crippen molar-refractivity contribution < 1.29 is 4.79 Å². The molecule has 0 radical (unpaired) electrons. The number of hydrogen-bond acceptors (Lipinski definition) is 1. The van der Waals surface area contributed by atoms with Crippen LogP contribution < -0.4 is 0 Å². The maximum atomic E-state index is 11.7. The number of rotatable bonds is 0. The van der Waals surface area contributed by atoms with Crippen molar-refractivity contribution in [3.8, 4) is 0 Å². The van der Waals surface area contributed by atoms with Gasteiger partial charge >= 0.3 is 0 Å². The van der Waals surface area contributed by atoms with Crippen molar-refractivity contribution in [2.24, 2.45) is 11.3 Å². The SMILES string of the molecule is C=C1CCCC(C(C)(C)C)C1=O. The molecule has 1 aliphatic rings. The van der Waals surface area contributed by atoms with Crippen LogP contribution in [-0.2, 0) is 4.79 Å². The van der Waals surface area contributed by atoms with Gasteiger partial charge in [-0.15, -0.1) is 0 Å². The molecule has 0 aromatic rings. The third-order valence-corrected chi connectivity index (χ3v) is 2.68. The van der Waals surface area contributed by atoms with Gasteiger partial charge in [0.05, 0.1) is 0 Å². The largest absolute Gasteiger partial charge is 0.294 e. The predicted molar refractivity (Wildman–Crippen MR) is 50.9 cm³/mol. The minimum absolute atomic E-state index is 0.112. The Morgan fingerprint density at radius 3 is 2.42 bits per heavy atom. The monoisotopic (exact) mass is 166 g/mol. The van der Waals surface area contributed by atoms with E-state index in [1.54, 1.807) is 0 Å². The van der Waals surface area contributed by atoms with Crippen LogP contribution in [-0.4, -0.2) is 5.78 Å². The molecular formula is C11H18O. The minimum Gasteiger partial charge on any atom is -0.294 e. The van der Waals surface area contributed by atoms with Gasteiger partial charge in [-0.3, -0.25) is 4.79 Å². The van der Waals surface area contributed by atoms with E-state index in [2.05, 4.69) is 27.4 Å². The van der Waals surface area contributed by atoms with Crippen LogP contribution in [0.3, 0.4) is 0 Å². The smallest absolute Gasteiger partial charge is 0.161 e. The molecule has 0 spiro atoms. The van der Waals surface area contributed by atoms with Gasteiger partial charge in [0.1, 0.15) is 0 Å². The molecule has 1 unspecified atom stereocenters. The summed E-state index contributed by atoms with van der Waals surface area (Å²) < 4.78 is 0. The van der Waals surface area contributed by atoms with E-state index >= 15 is 0 Å². The van der Waals surface area contributed by atoms with Crippen molar-refractivity contribution in [1.29, 1.82) is 0 Å². The van der Waals surface area contributed by atoms with E-state index in [1.165, 1.54) is 0 Å². The number of hydrogen-bond donors (Lipinski definition) is 0. The van der Waals surface area contributed by atoms with Crippen molar-refractivity contribution in [3.05, 3.63) is 12.2 Å². The van der Waals surface area contributed by atoms with Gasteiger partial charge in [-0.2, -0.15) is 0 Å². The lowest BCUT2D eigenvalue weighted by molar-refractivity contribution is -0.123. The Balaban J connectivity index is 2.78. The molecule has 0 aromatic heterocycles. The second-order valence-electron chi connectivity index (χ2n) is 4.78. The van der Waals surface area contributed by atoms with Gasteiger partial charge in [0.2, 0.25) is 0 Å². The van der Waals surface area contributed by atoms with Gasteiger partial charge in [0, 0.05) is 5.92 Å².